The van der Waals surface area contributed by atoms with Gasteiger partial charge in [-0.25, -0.2) is 9.37 Å². The molecule has 1 aliphatic rings. The number of H-pyrrole nitrogens is 2. The van der Waals surface area contributed by atoms with Crippen LogP contribution < -0.4 is 5.56 Å². The zero-order chi connectivity index (χ0) is 17.6. The largest absolute Gasteiger partial charge is 0.328 e. The second-order valence-corrected chi connectivity index (χ2v) is 6.17. The number of likely N-dealkylation sites (tertiary alicyclic amines) is 1. The van der Waals surface area contributed by atoms with Crippen LogP contribution in [0.15, 0.2) is 29.1 Å². The van der Waals surface area contributed by atoms with Gasteiger partial charge >= 0.3 is 0 Å². The molecule has 128 valence electrons. The number of aromatic amines is 2. The van der Waals surface area contributed by atoms with Crippen molar-refractivity contribution in [2.45, 2.75) is 25.8 Å². The highest BCUT2D eigenvalue weighted by atomic mass is 19.1. The third-order valence-corrected chi connectivity index (χ3v) is 4.46. The molecule has 2 N–H and O–H groups in total. The number of nitrogens with zero attached hydrogens (tertiary/aromatic N) is 3. The van der Waals surface area contributed by atoms with E-state index in [1.54, 1.807) is 11.8 Å². The number of carbonyl (C=O) groups is 1. The van der Waals surface area contributed by atoms with Crippen LogP contribution in [-0.2, 0) is 0 Å². The fourth-order valence-electron chi connectivity index (χ4n) is 3.34. The maximum absolute atomic E-state index is 13.7. The molecule has 1 aliphatic heterocycles. The number of aryl methyl sites for hydroxylation is 1. The first-order valence-corrected chi connectivity index (χ1v) is 8.05. The summed E-state index contributed by atoms with van der Waals surface area (Å²) in [7, 11) is 0. The van der Waals surface area contributed by atoms with Crippen molar-refractivity contribution in [1.29, 1.82) is 0 Å². The van der Waals surface area contributed by atoms with Gasteiger partial charge in [0.05, 0.1) is 11.6 Å². The van der Waals surface area contributed by atoms with Crippen LogP contribution in [0.25, 0.3) is 10.9 Å². The first kappa shape index (κ1) is 15.5. The van der Waals surface area contributed by atoms with E-state index in [4.69, 9.17) is 0 Å². The minimum atomic E-state index is -0.462. The van der Waals surface area contributed by atoms with E-state index in [2.05, 4.69) is 20.2 Å². The topological polar surface area (TPSA) is 94.7 Å². The molecule has 1 aromatic carbocycles. The minimum Gasteiger partial charge on any atom is -0.328 e. The van der Waals surface area contributed by atoms with Gasteiger partial charge in [-0.15, -0.1) is 0 Å². The summed E-state index contributed by atoms with van der Waals surface area (Å²) in [6, 6.07) is 4.95. The molecule has 1 amide bonds. The van der Waals surface area contributed by atoms with Gasteiger partial charge in [-0.2, -0.15) is 5.10 Å². The third-order valence-electron chi connectivity index (χ3n) is 4.46. The van der Waals surface area contributed by atoms with Gasteiger partial charge in [0.2, 0.25) is 5.56 Å². The van der Waals surface area contributed by atoms with E-state index in [-0.39, 0.29) is 17.5 Å². The Morgan fingerprint density at radius 3 is 2.96 bits per heavy atom. The lowest BCUT2D eigenvalue weighted by atomic mass is 10.1. The summed E-state index contributed by atoms with van der Waals surface area (Å²) >= 11 is 0. The van der Waals surface area contributed by atoms with E-state index < -0.39 is 11.4 Å². The second kappa shape index (κ2) is 5.80. The molecule has 3 heterocycles. The Labute approximate surface area is 141 Å². The molecule has 1 atom stereocenters. The van der Waals surface area contributed by atoms with Crippen molar-refractivity contribution in [3.63, 3.8) is 0 Å². The monoisotopic (exact) mass is 341 g/mol. The van der Waals surface area contributed by atoms with Crippen molar-refractivity contribution in [3.05, 3.63) is 57.6 Å². The van der Waals surface area contributed by atoms with Crippen molar-refractivity contribution >= 4 is 16.8 Å². The fraction of sp³-hybridized carbons (Fsp3) is 0.294. The van der Waals surface area contributed by atoms with Gasteiger partial charge < -0.3 is 9.88 Å². The molecule has 0 saturated carbocycles. The molecule has 0 radical (unpaired) electrons. The van der Waals surface area contributed by atoms with E-state index in [1.807, 2.05) is 0 Å². The Bertz CT molecular complexity index is 1030. The predicted molar refractivity (Wildman–Crippen MR) is 88.7 cm³/mol. The summed E-state index contributed by atoms with van der Waals surface area (Å²) in [6.45, 7) is 2.34. The van der Waals surface area contributed by atoms with E-state index >= 15 is 0 Å². The number of rotatable bonds is 2. The number of halogens is 1. The van der Waals surface area contributed by atoms with Crippen LogP contribution in [0.1, 0.15) is 40.9 Å². The molecule has 7 nitrogen and oxygen atoms in total. The number of hydrogen-bond donors (Lipinski definition) is 2. The zero-order valence-corrected chi connectivity index (χ0v) is 13.5. The lowest BCUT2D eigenvalue weighted by Gasteiger charge is -2.23. The van der Waals surface area contributed by atoms with Gasteiger partial charge in [-0.3, -0.25) is 14.7 Å². The van der Waals surface area contributed by atoms with Crippen LogP contribution in [0.3, 0.4) is 0 Å². The predicted octanol–water partition coefficient (Wildman–Crippen LogP) is 2.07. The van der Waals surface area contributed by atoms with Gasteiger partial charge in [-0.05, 0) is 38.0 Å². The Balaban J connectivity index is 1.79. The Kier molecular flexibility index (Phi) is 3.60. The van der Waals surface area contributed by atoms with Crippen LogP contribution in [0.4, 0.5) is 4.39 Å². The first-order valence-electron chi connectivity index (χ1n) is 8.05. The Morgan fingerprint density at radius 1 is 1.36 bits per heavy atom. The SMILES string of the molecule is Cc1nc([C@@H]2CCCN2C(=O)c2cc(=O)[nH]c3ccc(F)cc23)n[nH]1. The van der Waals surface area contributed by atoms with Crippen molar-refractivity contribution < 1.29 is 9.18 Å². The molecule has 2 aromatic heterocycles. The number of pyridine rings is 1. The van der Waals surface area contributed by atoms with Gasteiger partial charge in [0.25, 0.3) is 5.91 Å². The number of carbonyl (C=O) groups excluding carboxylic acids is 1. The minimum absolute atomic E-state index is 0.192. The van der Waals surface area contributed by atoms with E-state index in [0.717, 1.165) is 12.8 Å². The first-order chi connectivity index (χ1) is 12.0. The lowest BCUT2D eigenvalue weighted by molar-refractivity contribution is 0.0732. The Morgan fingerprint density at radius 2 is 2.20 bits per heavy atom. The van der Waals surface area contributed by atoms with Gasteiger partial charge in [0.15, 0.2) is 5.82 Å². The standard InChI is InChI=1S/C17H16FN5O2/c1-9-19-16(22-21-9)14-3-2-6-23(14)17(25)12-8-15(24)20-13-5-4-10(18)7-11(12)13/h4-5,7-8,14H,2-3,6H2,1H3,(H,20,24)(H,19,21,22)/t14-/m0/s1. The number of fused-ring (bicyclic) bond motifs is 1. The van der Waals surface area contributed by atoms with Crippen LogP contribution in [0.2, 0.25) is 0 Å². The molecule has 0 spiro atoms. The van der Waals surface area contributed by atoms with Crippen molar-refractivity contribution in [1.82, 2.24) is 25.1 Å². The zero-order valence-electron chi connectivity index (χ0n) is 13.5. The smallest absolute Gasteiger partial charge is 0.255 e. The maximum atomic E-state index is 13.7. The summed E-state index contributed by atoms with van der Waals surface area (Å²) in [5, 5.41) is 7.34. The van der Waals surface area contributed by atoms with Crippen molar-refractivity contribution in [2.24, 2.45) is 0 Å². The number of aromatic nitrogens is 4. The number of nitrogens with one attached hydrogen (secondary N) is 2. The Hall–Kier alpha value is -3.03. The molecule has 0 bridgehead atoms. The lowest BCUT2D eigenvalue weighted by Crippen LogP contribution is -2.32. The highest BCUT2D eigenvalue weighted by Gasteiger charge is 2.34. The summed E-state index contributed by atoms with van der Waals surface area (Å²) < 4.78 is 13.7. The van der Waals surface area contributed by atoms with Crippen LogP contribution in [-0.4, -0.2) is 37.5 Å². The summed E-state index contributed by atoms with van der Waals surface area (Å²) in [4.78, 5) is 33.6. The molecule has 1 saturated heterocycles. The molecule has 8 heteroatoms. The second-order valence-electron chi connectivity index (χ2n) is 6.17. The van der Waals surface area contributed by atoms with Crippen LogP contribution >= 0.6 is 0 Å². The fourth-order valence-corrected chi connectivity index (χ4v) is 3.34. The van der Waals surface area contributed by atoms with Crippen molar-refractivity contribution in [2.75, 3.05) is 6.54 Å². The van der Waals surface area contributed by atoms with E-state index in [0.29, 0.717) is 29.1 Å². The van der Waals surface area contributed by atoms with Gasteiger partial charge in [0, 0.05) is 23.5 Å². The summed E-state index contributed by atoms with van der Waals surface area (Å²) in [5.41, 5.74) is 0.228. The van der Waals surface area contributed by atoms with Crippen molar-refractivity contribution in [3.8, 4) is 0 Å². The number of amides is 1. The third kappa shape index (κ3) is 2.69. The van der Waals surface area contributed by atoms with Gasteiger partial charge in [0.1, 0.15) is 11.6 Å². The van der Waals surface area contributed by atoms with Gasteiger partial charge in [-0.1, -0.05) is 0 Å². The number of hydrogen-bond acceptors (Lipinski definition) is 4. The average molecular weight is 341 g/mol. The molecular formula is C17H16FN5O2. The van der Waals surface area contributed by atoms with E-state index in [9.17, 15) is 14.0 Å². The molecule has 3 aromatic rings. The quantitative estimate of drug-likeness (QED) is 0.746. The molecular weight excluding hydrogens is 325 g/mol. The number of benzene rings is 1. The summed E-state index contributed by atoms with van der Waals surface area (Å²) in [5.74, 6) is 0.462. The highest BCUT2D eigenvalue weighted by molar-refractivity contribution is 6.06. The highest BCUT2D eigenvalue weighted by Crippen LogP contribution is 2.32. The molecule has 4 rings (SSSR count). The molecule has 0 unspecified atom stereocenters. The maximum Gasteiger partial charge on any atom is 0.255 e. The average Bonchev–Trinajstić information content (AvgIpc) is 3.22. The summed E-state index contributed by atoms with van der Waals surface area (Å²) in [6.07, 6.45) is 1.57. The van der Waals surface area contributed by atoms with E-state index in [1.165, 1.54) is 24.3 Å². The normalized spacial score (nSPS) is 17.4. The molecule has 1 fully saturated rings. The molecule has 0 aliphatic carbocycles. The molecule has 25 heavy (non-hydrogen) atoms. The van der Waals surface area contributed by atoms with Crippen LogP contribution in [0, 0.1) is 12.7 Å². The van der Waals surface area contributed by atoms with Crippen LogP contribution in [0.5, 0.6) is 0 Å².